The number of H-pyrrole nitrogens is 1. The lowest BCUT2D eigenvalue weighted by Crippen LogP contribution is -2.18. The predicted molar refractivity (Wildman–Crippen MR) is 91.1 cm³/mol. The van der Waals surface area contributed by atoms with Crippen LogP contribution >= 0.6 is 22.9 Å². The number of aromatic amines is 1. The Kier molecular flexibility index (Phi) is 4.57. The molecule has 0 fully saturated rings. The second kappa shape index (κ2) is 6.60. The van der Waals surface area contributed by atoms with Gasteiger partial charge in [-0.3, -0.25) is 0 Å². The highest BCUT2D eigenvalue weighted by atomic mass is 35.5. The van der Waals surface area contributed by atoms with Gasteiger partial charge in [-0.05, 0) is 26.0 Å². The van der Waals surface area contributed by atoms with Gasteiger partial charge in [0.05, 0.1) is 12.2 Å². The molecule has 6 heteroatoms. The van der Waals surface area contributed by atoms with Crippen LogP contribution in [0.4, 0.5) is 0 Å². The van der Waals surface area contributed by atoms with Gasteiger partial charge in [0.15, 0.2) is 0 Å². The molecule has 0 saturated carbocycles. The van der Waals surface area contributed by atoms with Crippen LogP contribution in [0.2, 0.25) is 5.02 Å². The minimum absolute atomic E-state index is 0.226. The number of nitrogens with zero attached hydrogens (tertiary/aromatic N) is 2. The van der Waals surface area contributed by atoms with E-state index in [-0.39, 0.29) is 6.04 Å². The zero-order valence-electron chi connectivity index (χ0n) is 12.4. The lowest BCUT2D eigenvalue weighted by molar-refractivity contribution is 0.566. The number of aromatic nitrogens is 3. The van der Waals surface area contributed by atoms with E-state index in [1.54, 1.807) is 17.5 Å². The van der Waals surface area contributed by atoms with Crippen LogP contribution in [0.3, 0.4) is 0 Å². The monoisotopic (exact) mass is 332 g/mol. The molecule has 3 rings (SSSR count). The third-order valence-electron chi connectivity index (χ3n) is 3.45. The molecule has 0 aliphatic rings. The van der Waals surface area contributed by atoms with Gasteiger partial charge in [-0.15, -0.1) is 11.3 Å². The first-order valence-electron chi connectivity index (χ1n) is 7.08. The number of aryl methyl sites for hydroxylation is 1. The van der Waals surface area contributed by atoms with Crippen LogP contribution in [0, 0.1) is 6.92 Å². The summed E-state index contributed by atoms with van der Waals surface area (Å²) in [6.07, 6.45) is 3.59. The lowest BCUT2D eigenvalue weighted by atomic mass is 10.2. The quantitative estimate of drug-likeness (QED) is 0.730. The van der Waals surface area contributed by atoms with Crippen molar-refractivity contribution in [3.8, 4) is 10.6 Å². The lowest BCUT2D eigenvalue weighted by Gasteiger charge is -2.11. The summed E-state index contributed by atoms with van der Waals surface area (Å²) < 4.78 is 0. The van der Waals surface area contributed by atoms with Gasteiger partial charge < -0.3 is 10.3 Å². The molecule has 0 amide bonds. The molecule has 0 spiro atoms. The summed E-state index contributed by atoms with van der Waals surface area (Å²) in [6, 6.07) is 8.03. The summed E-state index contributed by atoms with van der Waals surface area (Å²) >= 11 is 7.66. The molecule has 3 aromatic rings. The molecular formula is C16H17ClN4S. The van der Waals surface area contributed by atoms with Crippen molar-refractivity contribution in [1.82, 2.24) is 20.3 Å². The van der Waals surface area contributed by atoms with Crippen LogP contribution in [0.15, 0.2) is 36.7 Å². The van der Waals surface area contributed by atoms with Crippen LogP contribution < -0.4 is 5.32 Å². The van der Waals surface area contributed by atoms with Crippen molar-refractivity contribution < 1.29 is 0 Å². The number of hydrogen-bond donors (Lipinski definition) is 2. The van der Waals surface area contributed by atoms with E-state index in [0.29, 0.717) is 6.54 Å². The van der Waals surface area contributed by atoms with Crippen molar-refractivity contribution in [2.75, 3.05) is 0 Å². The number of halogens is 1. The highest BCUT2D eigenvalue weighted by Crippen LogP contribution is 2.32. The van der Waals surface area contributed by atoms with Crippen molar-refractivity contribution >= 4 is 22.9 Å². The zero-order chi connectivity index (χ0) is 15.5. The van der Waals surface area contributed by atoms with Crippen molar-refractivity contribution in [2.24, 2.45) is 0 Å². The van der Waals surface area contributed by atoms with Crippen LogP contribution in [-0.2, 0) is 6.54 Å². The van der Waals surface area contributed by atoms with Crippen molar-refractivity contribution in [2.45, 2.75) is 26.4 Å². The molecule has 1 aromatic carbocycles. The Balaban J connectivity index is 1.75. The first kappa shape index (κ1) is 15.2. The van der Waals surface area contributed by atoms with Crippen molar-refractivity contribution in [3.63, 3.8) is 0 Å². The van der Waals surface area contributed by atoms with E-state index in [0.717, 1.165) is 27.1 Å². The maximum atomic E-state index is 5.94. The van der Waals surface area contributed by atoms with E-state index in [4.69, 9.17) is 11.6 Å². The molecule has 0 saturated heterocycles. The number of thiazole rings is 1. The van der Waals surface area contributed by atoms with Crippen molar-refractivity contribution in [3.05, 3.63) is 58.1 Å². The number of hydrogen-bond acceptors (Lipinski definition) is 4. The molecule has 0 bridgehead atoms. The summed E-state index contributed by atoms with van der Waals surface area (Å²) in [5, 5.41) is 5.24. The van der Waals surface area contributed by atoms with E-state index in [1.165, 1.54) is 4.88 Å². The van der Waals surface area contributed by atoms with Gasteiger partial charge in [0.25, 0.3) is 0 Å². The van der Waals surface area contributed by atoms with Crippen LogP contribution in [-0.4, -0.2) is 15.0 Å². The van der Waals surface area contributed by atoms with E-state index >= 15 is 0 Å². The van der Waals surface area contributed by atoms with Gasteiger partial charge in [-0.1, -0.05) is 23.7 Å². The zero-order valence-corrected chi connectivity index (χ0v) is 14.0. The SMILES string of the molecule is Cc1nc(-c2ccc(Cl)cc2)sc1C(C)NCc1ncc[nH]1. The number of imidazole rings is 1. The maximum absolute atomic E-state index is 5.94. The second-order valence-electron chi connectivity index (χ2n) is 5.11. The van der Waals surface area contributed by atoms with Gasteiger partial charge in [-0.2, -0.15) is 0 Å². The molecular weight excluding hydrogens is 316 g/mol. The fraction of sp³-hybridized carbons (Fsp3) is 0.250. The van der Waals surface area contributed by atoms with Crippen LogP contribution in [0.5, 0.6) is 0 Å². The summed E-state index contributed by atoms with van der Waals surface area (Å²) in [5.74, 6) is 0.937. The second-order valence-corrected chi connectivity index (χ2v) is 6.58. The molecule has 0 radical (unpaired) electrons. The Morgan fingerprint density at radius 1 is 1.32 bits per heavy atom. The Morgan fingerprint density at radius 3 is 2.77 bits per heavy atom. The summed E-state index contributed by atoms with van der Waals surface area (Å²) in [6.45, 7) is 4.91. The fourth-order valence-electron chi connectivity index (χ4n) is 2.26. The first-order valence-corrected chi connectivity index (χ1v) is 8.28. The molecule has 22 heavy (non-hydrogen) atoms. The normalized spacial score (nSPS) is 12.5. The summed E-state index contributed by atoms with van der Waals surface area (Å²) in [7, 11) is 0. The largest absolute Gasteiger partial charge is 0.348 e. The van der Waals surface area contributed by atoms with Gasteiger partial charge in [0.2, 0.25) is 0 Å². The van der Waals surface area contributed by atoms with E-state index in [2.05, 4.69) is 34.1 Å². The molecule has 1 atom stereocenters. The van der Waals surface area contributed by atoms with Crippen molar-refractivity contribution in [1.29, 1.82) is 0 Å². The number of benzene rings is 1. The Bertz CT molecular complexity index is 734. The molecule has 2 aromatic heterocycles. The smallest absolute Gasteiger partial charge is 0.123 e. The molecule has 0 aliphatic carbocycles. The maximum Gasteiger partial charge on any atom is 0.123 e. The first-order chi connectivity index (χ1) is 10.6. The number of rotatable bonds is 5. The van der Waals surface area contributed by atoms with E-state index < -0.39 is 0 Å². The highest BCUT2D eigenvalue weighted by Gasteiger charge is 2.15. The van der Waals surface area contributed by atoms with E-state index in [1.807, 2.05) is 30.5 Å². The Hall–Kier alpha value is -1.69. The highest BCUT2D eigenvalue weighted by molar-refractivity contribution is 7.15. The fourth-order valence-corrected chi connectivity index (χ4v) is 3.49. The van der Waals surface area contributed by atoms with Gasteiger partial charge in [0.1, 0.15) is 10.8 Å². The standard InChI is InChI=1S/C16H17ClN4S/c1-10(20-9-14-18-7-8-19-14)15-11(2)21-16(22-15)12-3-5-13(17)6-4-12/h3-8,10,20H,9H2,1-2H3,(H,18,19). The Morgan fingerprint density at radius 2 is 2.09 bits per heavy atom. The average molecular weight is 333 g/mol. The minimum Gasteiger partial charge on any atom is -0.348 e. The van der Waals surface area contributed by atoms with E-state index in [9.17, 15) is 0 Å². The van der Waals surface area contributed by atoms with Gasteiger partial charge in [0, 0.05) is 33.9 Å². The van der Waals surface area contributed by atoms with Gasteiger partial charge >= 0.3 is 0 Å². The Labute approximate surface area is 138 Å². The topological polar surface area (TPSA) is 53.6 Å². The molecule has 4 nitrogen and oxygen atoms in total. The molecule has 114 valence electrons. The predicted octanol–water partition coefficient (Wildman–Crippen LogP) is 4.35. The summed E-state index contributed by atoms with van der Waals surface area (Å²) in [4.78, 5) is 13.3. The third-order valence-corrected chi connectivity index (χ3v) is 5.09. The van der Waals surface area contributed by atoms with Gasteiger partial charge in [-0.25, -0.2) is 9.97 Å². The summed E-state index contributed by atoms with van der Waals surface area (Å²) in [5.41, 5.74) is 2.16. The molecule has 1 unspecified atom stereocenters. The van der Waals surface area contributed by atoms with Crippen LogP contribution in [0.1, 0.15) is 29.4 Å². The van der Waals surface area contributed by atoms with Crippen LogP contribution in [0.25, 0.3) is 10.6 Å². The third kappa shape index (κ3) is 3.38. The molecule has 0 aliphatic heterocycles. The minimum atomic E-state index is 0.226. The molecule has 2 N–H and O–H groups in total. The average Bonchev–Trinajstić information content (AvgIpc) is 3.15. The molecule has 2 heterocycles. The number of nitrogens with one attached hydrogen (secondary N) is 2.